The molecule has 0 rings (SSSR count). The Hall–Kier alpha value is -0.380. The fourth-order valence-corrected chi connectivity index (χ4v) is 1.27. The van der Waals surface area contributed by atoms with Crippen LogP contribution in [0.3, 0.4) is 0 Å². The highest BCUT2D eigenvalue weighted by molar-refractivity contribution is 7.33. The molecule has 0 saturated carbocycles. The van der Waals surface area contributed by atoms with Crippen LogP contribution in [0.2, 0.25) is 0 Å². The quantitative estimate of drug-likeness (QED) is 0.469. The van der Waals surface area contributed by atoms with E-state index in [9.17, 15) is 9.36 Å². The number of hydrogen-bond donors (Lipinski definition) is 0. The van der Waals surface area contributed by atoms with Gasteiger partial charge in [-0.15, -0.1) is 0 Å². The second-order valence-corrected chi connectivity index (χ2v) is 3.35. The summed E-state index contributed by atoms with van der Waals surface area (Å²) in [7, 11) is -1.12. The molecule has 0 fully saturated rings. The predicted octanol–water partition coefficient (Wildman–Crippen LogP) is 1.38. The molecule has 0 aliphatic heterocycles. The number of methoxy groups -OCH3 is 1. The number of hydrogen-bond acceptors (Lipinski definition) is 5. The third kappa shape index (κ3) is 7.96. The van der Waals surface area contributed by atoms with E-state index in [0.29, 0.717) is 6.61 Å². The lowest BCUT2D eigenvalue weighted by Crippen LogP contribution is -2.03. The highest BCUT2D eigenvalue weighted by Gasteiger charge is 2.02. The first-order valence-corrected chi connectivity index (χ1v) is 5.29. The van der Waals surface area contributed by atoms with Gasteiger partial charge in [0.25, 0.3) is 0 Å². The molecule has 0 saturated heterocycles. The molecule has 0 N–H and O–H groups in total. The smallest absolute Gasteiger partial charge is 0.319 e. The average molecular weight is 210 g/mol. The SMILES string of the molecule is CCCO[PH](=O)OCCC(=O)OC. The van der Waals surface area contributed by atoms with Gasteiger partial charge in [0, 0.05) is 0 Å². The molecular weight excluding hydrogens is 195 g/mol. The molecule has 0 aliphatic carbocycles. The zero-order chi connectivity index (χ0) is 10.1. The van der Waals surface area contributed by atoms with Gasteiger partial charge in [0.15, 0.2) is 0 Å². The van der Waals surface area contributed by atoms with Crippen LogP contribution in [0.25, 0.3) is 0 Å². The third-order valence-electron chi connectivity index (χ3n) is 1.18. The molecule has 13 heavy (non-hydrogen) atoms. The molecule has 0 aromatic rings. The van der Waals surface area contributed by atoms with Crippen molar-refractivity contribution < 1.29 is 23.1 Å². The summed E-state index contributed by atoms with van der Waals surface area (Å²) in [5.41, 5.74) is 0. The maximum Gasteiger partial charge on any atom is 0.319 e. The topological polar surface area (TPSA) is 61.8 Å². The largest absolute Gasteiger partial charge is 0.469 e. The van der Waals surface area contributed by atoms with Crippen molar-refractivity contribution in [3.05, 3.63) is 0 Å². The number of esters is 1. The molecule has 0 aliphatic rings. The second-order valence-electron chi connectivity index (χ2n) is 2.27. The van der Waals surface area contributed by atoms with Gasteiger partial charge in [-0.1, -0.05) is 6.92 Å². The van der Waals surface area contributed by atoms with E-state index in [4.69, 9.17) is 9.05 Å². The maximum absolute atomic E-state index is 10.9. The molecular formula is C7H15O5P. The lowest BCUT2D eigenvalue weighted by molar-refractivity contribution is -0.141. The van der Waals surface area contributed by atoms with Crippen molar-refractivity contribution in [1.29, 1.82) is 0 Å². The minimum atomic E-state index is -2.41. The predicted molar refractivity (Wildman–Crippen MR) is 47.8 cm³/mol. The number of ether oxygens (including phenoxy) is 1. The second kappa shape index (κ2) is 8.23. The van der Waals surface area contributed by atoms with Crippen molar-refractivity contribution in [2.45, 2.75) is 19.8 Å². The lowest BCUT2D eigenvalue weighted by atomic mass is 10.5. The van der Waals surface area contributed by atoms with Gasteiger partial charge in [0.1, 0.15) is 0 Å². The Kier molecular flexibility index (Phi) is 7.99. The van der Waals surface area contributed by atoms with Crippen molar-refractivity contribution >= 4 is 14.2 Å². The summed E-state index contributed by atoms with van der Waals surface area (Å²) in [6.45, 7) is 2.40. The molecule has 6 heteroatoms. The Morgan fingerprint density at radius 2 is 1.92 bits per heavy atom. The van der Waals surface area contributed by atoms with Gasteiger partial charge in [-0.3, -0.25) is 9.36 Å². The molecule has 1 atom stereocenters. The molecule has 5 nitrogen and oxygen atoms in total. The number of rotatable bonds is 7. The van der Waals surface area contributed by atoms with Gasteiger partial charge >= 0.3 is 14.2 Å². The van der Waals surface area contributed by atoms with E-state index in [2.05, 4.69) is 4.74 Å². The summed E-state index contributed by atoms with van der Waals surface area (Å²) in [6, 6.07) is 0. The fraction of sp³-hybridized carbons (Fsp3) is 0.857. The zero-order valence-electron chi connectivity index (χ0n) is 7.87. The Labute approximate surface area is 78.3 Å². The molecule has 0 heterocycles. The fourth-order valence-electron chi connectivity index (χ4n) is 0.547. The highest BCUT2D eigenvalue weighted by Crippen LogP contribution is 2.23. The lowest BCUT2D eigenvalue weighted by Gasteiger charge is -2.03. The molecule has 78 valence electrons. The zero-order valence-corrected chi connectivity index (χ0v) is 8.87. The number of carbonyl (C=O) groups is 1. The third-order valence-corrected chi connectivity index (χ3v) is 2.06. The van der Waals surface area contributed by atoms with Crippen LogP contribution in [0.4, 0.5) is 0 Å². The minimum absolute atomic E-state index is 0.0776. The Bertz CT molecular complexity index is 170. The standard InChI is InChI=1S/C7H15O5P/c1-3-5-11-13(9)12-6-4-7(8)10-2/h13H,3-6H2,1-2H3. The van der Waals surface area contributed by atoms with Crippen LogP contribution in [0.5, 0.6) is 0 Å². The van der Waals surface area contributed by atoms with Crippen LogP contribution in [0, 0.1) is 0 Å². The molecule has 0 amide bonds. The molecule has 0 spiro atoms. The Morgan fingerprint density at radius 1 is 1.31 bits per heavy atom. The first-order valence-electron chi connectivity index (χ1n) is 4.07. The van der Waals surface area contributed by atoms with E-state index in [0.717, 1.165) is 6.42 Å². The van der Waals surface area contributed by atoms with Gasteiger partial charge in [-0.2, -0.15) is 0 Å². The summed E-state index contributed by atoms with van der Waals surface area (Å²) in [5, 5.41) is 0. The van der Waals surface area contributed by atoms with Crippen LogP contribution in [0.1, 0.15) is 19.8 Å². The maximum atomic E-state index is 10.9. The van der Waals surface area contributed by atoms with Crippen molar-refractivity contribution in [3.63, 3.8) is 0 Å². The van der Waals surface area contributed by atoms with Gasteiger partial charge in [0.2, 0.25) is 0 Å². The van der Waals surface area contributed by atoms with Crippen LogP contribution in [-0.2, 0) is 23.1 Å². The molecule has 0 bridgehead atoms. The monoisotopic (exact) mass is 210 g/mol. The summed E-state index contributed by atoms with van der Waals surface area (Å²) >= 11 is 0. The highest BCUT2D eigenvalue weighted by atomic mass is 31.1. The Balaban J connectivity index is 3.31. The van der Waals surface area contributed by atoms with Crippen molar-refractivity contribution in [3.8, 4) is 0 Å². The van der Waals surface area contributed by atoms with Gasteiger partial charge in [-0.25, -0.2) is 0 Å². The van der Waals surface area contributed by atoms with Crippen molar-refractivity contribution in [1.82, 2.24) is 0 Å². The summed E-state index contributed by atoms with van der Waals surface area (Å²) in [6.07, 6.45) is 0.888. The van der Waals surface area contributed by atoms with Crippen LogP contribution in [0.15, 0.2) is 0 Å². The van der Waals surface area contributed by atoms with E-state index in [1.807, 2.05) is 6.92 Å². The van der Waals surface area contributed by atoms with Gasteiger partial charge < -0.3 is 13.8 Å². The minimum Gasteiger partial charge on any atom is -0.469 e. The summed E-state index contributed by atoms with van der Waals surface area (Å²) in [5.74, 6) is -0.384. The summed E-state index contributed by atoms with van der Waals surface area (Å²) < 4.78 is 24.7. The van der Waals surface area contributed by atoms with E-state index >= 15 is 0 Å². The normalized spacial score (nSPS) is 12.5. The van der Waals surface area contributed by atoms with Crippen LogP contribution >= 0.6 is 8.25 Å². The van der Waals surface area contributed by atoms with Crippen LogP contribution < -0.4 is 0 Å². The van der Waals surface area contributed by atoms with Crippen molar-refractivity contribution in [2.75, 3.05) is 20.3 Å². The van der Waals surface area contributed by atoms with Crippen LogP contribution in [-0.4, -0.2) is 26.3 Å². The van der Waals surface area contributed by atoms with E-state index in [1.54, 1.807) is 0 Å². The van der Waals surface area contributed by atoms with Gasteiger partial charge in [0.05, 0.1) is 26.7 Å². The van der Waals surface area contributed by atoms with Gasteiger partial charge in [-0.05, 0) is 6.42 Å². The Morgan fingerprint density at radius 3 is 2.46 bits per heavy atom. The molecule has 0 aromatic heterocycles. The number of carbonyl (C=O) groups excluding carboxylic acids is 1. The molecule has 0 radical (unpaired) electrons. The first-order chi connectivity index (χ1) is 6.20. The first kappa shape index (κ1) is 12.6. The molecule has 0 aromatic carbocycles. The van der Waals surface area contributed by atoms with E-state index in [1.165, 1.54) is 7.11 Å². The summed E-state index contributed by atoms with van der Waals surface area (Å²) in [4.78, 5) is 10.6. The van der Waals surface area contributed by atoms with E-state index in [-0.39, 0.29) is 19.0 Å². The molecule has 1 unspecified atom stereocenters. The average Bonchev–Trinajstić information content (AvgIpc) is 2.14. The van der Waals surface area contributed by atoms with E-state index < -0.39 is 8.25 Å². The van der Waals surface area contributed by atoms with Crippen molar-refractivity contribution in [2.24, 2.45) is 0 Å².